The van der Waals surface area contributed by atoms with Crippen LogP contribution in [-0.2, 0) is 45.2 Å². The van der Waals surface area contributed by atoms with Gasteiger partial charge in [-0.1, -0.05) is 72.8 Å². The largest absolute Gasteiger partial charge is 0.489 e. The van der Waals surface area contributed by atoms with E-state index in [2.05, 4.69) is 21.3 Å². The van der Waals surface area contributed by atoms with Crippen LogP contribution in [-0.4, -0.2) is 70.8 Å². The van der Waals surface area contributed by atoms with Crippen LogP contribution >= 0.6 is 0 Å². The van der Waals surface area contributed by atoms with E-state index >= 15 is 0 Å². The van der Waals surface area contributed by atoms with Crippen molar-refractivity contribution in [2.75, 3.05) is 34.8 Å². The Balaban J connectivity index is 1.52. The minimum Gasteiger partial charge on any atom is -0.489 e. The van der Waals surface area contributed by atoms with Gasteiger partial charge < -0.3 is 40.2 Å². The molecule has 0 aliphatic carbocycles. The summed E-state index contributed by atoms with van der Waals surface area (Å²) in [6.45, 7) is 1.01. The average Bonchev–Trinajstić information content (AvgIpc) is 3.31. The molecule has 16 heteroatoms. The third-order valence-electron chi connectivity index (χ3n) is 10.2. The van der Waals surface area contributed by atoms with E-state index in [0.717, 1.165) is 11.1 Å². The summed E-state index contributed by atoms with van der Waals surface area (Å²) in [4.78, 5) is 40.1. The fourth-order valence-corrected chi connectivity index (χ4v) is 6.68. The highest BCUT2D eigenvalue weighted by atomic mass is 19.2. The Morgan fingerprint density at radius 3 is 1.52 bits per heavy atom. The second-order valence-corrected chi connectivity index (χ2v) is 14.4. The number of methoxy groups -OCH3 is 1. The van der Waals surface area contributed by atoms with E-state index in [1.807, 2.05) is 67.7 Å². The Morgan fingerprint density at radius 1 is 0.587 bits per heavy atom. The van der Waals surface area contributed by atoms with Gasteiger partial charge in [0.15, 0.2) is 0 Å². The molecule has 4 N–H and O–H groups in total. The molecular weight excluding hydrogens is 828 g/mol. The van der Waals surface area contributed by atoms with Gasteiger partial charge in [0, 0.05) is 12.8 Å². The number of esters is 2. The minimum atomic E-state index is -2.39. The molecule has 11 nitrogen and oxygen atoms in total. The van der Waals surface area contributed by atoms with E-state index < -0.39 is 64.9 Å². The standard InChI is InChI=1S/C47H49F5N4O7/c1-53-21-11-16-34(54-2)45(57)56-36(46(58)60-4)25-33-23-31(18-20-38(33)62-27-29-14-9-6-10-15-29)30-17-19-37(61-26-28-12-7-5-8-13-28)32(22-30)24-35(55-3)47(59)63-44-42(51)40(49)39(48)41(50)43(44)52/h5-10,12-15,17-20,22-23,34-36,53-55H,11,16,21,24-27H2,1-4H3,(H,56,57)/t34-,35-,36-/m0/s1. The van der Waals surface area contributed by atoms with Gasteiger partial charge >= 0.3 is 11.9 Å². The molecule has 1 amide bonds. The quantitative estimate of drug-likeness (QED) is 0.0148. The number of nitrogens with one attached hydrogen (secondary N) is 4. The van der Waals surface area contributed by atoms with E-state index in [1.165, 1.54) is 14.2 Å². The lowest BCUT2D eigenvalue weighted by atomic mass is 9.95. The van der Waals surface area contributed by atoms with Gasteiger partial charge in [-0.2, -0.15) is 8.78 Å². The van der Waals surface area contributed by atoms with E-state index in [-0.39, 0.29) is 32.0 Å². The third kappa shape index (κ3) is 12.6. The summed E-state index contributed by atoms with van der Waals surface area (Å²) < 4.78 is 93.2. The number of benzene rings is 5. The molecule has 63 heavy (non-hydrogen) atoms. The van der Waals surface area contributed by atoms with Crippen molar-refractivity contribution >= 4 is 17.8 Å². The Hall–Kier alpha value is -6.36. The van der Waals surface area contributed by atoms with Crippen LogP contribution in [0.3, 0.4) is 0 Å². The van der Waals surface area contributed by atoms with E-state index in [4.69, 9.17) is 18.9 Å². The Morgan fingerprint density at radius 2 is 1.06 bits per heavy atom. The van der Waals surface area contributed by atoms with Crippen LogP contribution in [0.5, 0.6) is 17.2 Å². The first-order valence-corrected chi connectivity index (χ1v) is 20.1. The molecule has 0 fully saturated rings. The zero-order valence-electron chi connectivity index (χ0n) is 35.2. The van der Waals surface area contributed by atoms with Crippen molar-refractivity contribution in [1.82, 2.24) is 21.3 Å². The molecule has 0 aliphatic heterocycles. The van der Waals surface area contributed by atoms with Crippen LogP contribution in [0, 0.1) is 29.1 Å². The monoisotopic (exact) mass is 876 g/mol. The molecular formula is C47H49F5N4O7. The molecule has 0 aromatic heterocycles. The van der Waals surface area contributed by atoms with Crippen molar-refractivity contribution in [2.24, 2.45) is 0 Å². The highest BCUT2D eigenvalue weighted by Gasteiger charge is 2.31. The lowest BCUT2D eigenvalue weighted by molar-refractivity contribution is -0.145. The van der Waals surface area contributed by atoms with Crippen molar-refractivity contribution in [3.63, 3.8) is 0 Å². The molecule has 0 spiro atoms. The van der Waals surface area contributed by atoms with Crippen LogP contribution in [0.15, 0.2) is 97.1 Å². The predicted octanol–water partition coefficient (Wildman–Crippen LogP) is 6.73. The van der Waals surface area contributed by atoms with Crippen LogP contribution < -0.4 is 35.5 Å². The van der Waals surface area contributed by atoms with Crippen LogP contribution in [0.25, 0.3) is 11.1 Å². The smallest absolute Gasteiger partial charge is 0.329 e. The maximum Gasteiger partial charge on any atom is 0.329 e. The summed E-state index contributed by atoms with van der Waals surface area (Å²) in [6.07, 6.45) is 0.955. The van der Waals surface area contributed by atoms with Gasteiger partial charge in [-0.15, -0.1) is 0 Å². The number of amides is 1. The summed E-state index contributed by atoms with van der Waals surface area (Å²) in [5.74, 6) is -14.9. The predicted molar refractivity (Wildman–Crippen MR) is 226 cm³/mol. The number of rotatable bonds is 22. The summed E-state index contributed by atoms with van der Waals surface area (Å²) in [7, 11) is 6.07. The molecule has 5 rings (SSSR count). The molecule has 0 saturated carbocycles. The van der Waals surface area contributed by atoms with Gasteiger partial charge in [0.05, 0.1) is 13.2 Å². The van der Waals surface area contributed by atoms with Gasteiger partial charge in [0.2, 0.25) is 40.7 Å². The molecule has 5 aromatic carbocycles. The topological polar surface area (TPSA) is 136 Å². The van der Waals surface area contributed by atoms with Crippen molar-refractivity contribution in [2.45, 2.75) is 57.0 Å². The van der Waals surface area contributed by atoms with E-state index in [9.17, 15) is 36.3 Å². The van der Waals surface area contributed by atoms with Crippen LogP contribution in [0.1, 0.15) is 35.1 Å². The molecule has 3 atom stereocenters. The number of hydrogen-bond donors (Lipinski definition) is 4. The zero-order chi connectivity index (χ0) is 45.5. The van der Waals surface area contributed by atoms with Crippen LogP contribution in [0.4, 0.5) is 22.0 Å². The number of carbonyl (C=O) groups excluding carboxylic acids is 3. The molecule has 334 valence electrons. The van der Waals surface area contributed by atoms with Crippen molar-refractivity contribution in [3.8, 4) is 28.4 Å². The summed E-state index contributed by atoms with van der Waals surface area (Å²) >= 11 is 0. The van der Waals surface area contributed by atoms with Gasteiger partial charge in [-0.05, 0) is 98.2 Å². The first-order valence-electron chi connectivity index (χ1n) is 20.1. The maximum atomic E-state index is 14.5. The van der Waals surface area contributed by atoms with E-state index in [1.54, 1.807) is 43.4 Å². The summed E-state index contributed by atoms with van der Waals surface area (Å²) in [5.41, 5.74) is 3.87. The normalized spacial score (nSPS) is 12.5. The fraction of sp³-hybridized carbons (Fsp3) is 0.298. The minimum absolute atomic E-state index is 0.0280. The number of likely N-dealkylation sites (N-methyl/N-ethyl adjacent to an activating group) is 2. The van der Waals surface area contributed by atoms with Crippen molar-refractivity contribution in [1.29, 1.82) is 0 Å². The lowest BCUT2D eigenvalue weighted by Crippen LogP contribution is -2.50. The van der Waals surface area contributed by atoms with Gasteiger partial charge in [0.1, 0.15) is 36.8 Å². The highest BCUT2D eigenvalue weighted by molar-refractivity contribution is 5.88. The first-order chi connectivity index (χ1) is 30.4. The number of halogens is 5. The maximum absolute atomic E-state index is 14.5. The molecule has 0 aliphatic rings. The second-order valence-electron chi connectivity index (χ2n) is 14.4. The number of hydrogen-bond acceptors (Lipinski definition) is 10. The zero-order valence-corrected chi connectivity index (χ0v) is 35.2. The first kappa shape index (κ1) is 47.7. The average molecular weight is 877 g/mol. The van der Waals surface area contributed by atoms with Gasteiger partial charge in [-0.25, -0.2) is 22.8 Å². The highest BCUT2D eigenvalue weighted by Crippen LogP contribution is 2.34. The molecule has 0 radical (unpaired) electrons. The Labute approximate surface area is 362 Å². The van der Waals surface area contributed by atoms with Crippen molar-refractivity contribution in [3.05, 3.63) is 148 Å². The Bertz CT molecular complexity index is 2310. The summed E-state index contributed by atoms with van der Waals surface area (Å²) in [5, 5.41) is 11.6. The second kappa shape index (κ2) is 23.2. The van der Waals surface area contributed by atoms with Crippen molar-refractivity contribution < 1.29 is 55.3 Å². The van der Waals surface area contributed by atoms with Gasteiger partial charge in [0.25, 0.3) is 0 Å². The molecule has 5 aromatic rings. The lowest BCUT2D eigenvalue weighted by Gasteiger charge is -2.23. The summed E-state index contributed by atoms with van der Waals surface area (Å²) in [6, 6.07) is 26.0. The molecule has 0 bridgehead atoms. The number of ether oxygens (including phenoxy) is 4. The Kier molecular flexibility index (Phi) is 17.6. The fourth-order valence-electron chi connectivity index (χ4n) is 6.68. The van der Waals surface area contributed by atoms with Gasteiger partial charge in [-0.3, -0.25) is 4.79 Å². The SMILES string of the molecule is CNCCC[C@H](NC)C(=O)N[C@@H](Cc1cc(-c2ccc(OCc3ccccc3)c(C[C@H](NC)C(=O)Oc3c(F)c(F)c(F)c(F)c3F)c2)ccc1OCc1ccccc1)C(=O)OC. The van der Waals surface area contributed by atoms with Crippen LogP contribution in [0.2, 0.25) is 0 Å². The molecule has 0 heterocycles. The molecule has 0 unspecified atom stereocenters. The third-order valence-corrected chi connectivity index (χ3v) is 10.2. The number of carbonyl (C=O) groups is 3. The molecule has 0 saturated heterocycles. The van der Waals surface area contributed by atoms with E-state index in [0.29, 0.717) is 53.1 Å².